The Kier molecular flexibility index (Phi) is 9.51. The van der Waals surface area contributed by atoms with Gasteiger partial charge in [0, 0.05) is 12.7 Å². The van der Waals surface area contributed by atoms with Gasteiger partial charge in [-0.3, -0.25) is 0 Å². The summed E-state index contributed by atoms with van der Waals surface area (Å²) in [7, 11) is 0. The van der Waals surface area contributed by atoms with Crippen molar-refractivity contribution in [2.45, 2.75) is 6.42 Å². The van der Waals surface area contributed by atoms with Crippen LogP contribution in [0, 0.1) is 0 Å². The molecular formula is C9H17NO4. The molecule has 0 aromatic carbocycles. The predicted molar refractivity (Wildman–Crippen MR) is 52.1 cm³/mol. The fourth-order valence-electron chi connectivity index (χ4n) is 0.706. The number of carboxylic acids is 1. The van der Waals surface area contributed by atoms with Crippen molar-refractivity contribution in [2.24, 2.45) is 5.73 Å². The smallest absolute Gasteiger partial charge is 0.328 e. The van der Waals surface area contributed by atoms with Gasteiger partial charge >= 0.3 is 5.97 Å². The predicted octanol–water partition coefficient (Wildman–Crippen LogP) is 0.00920. The average molecular weight is 203 g/mol. The normalized spacial score (nSPS) is 10.9. The number of ether oxygens (including phenoxy) is 2. The van der Waals surface area contributed by atoms with Crippen LogP contribution in [-0.2, 0) is 14.3 Å². The highest BCUT2D eigenvalue weighted by molar-refractivity contribution is 5.79. The molecule has 0 radical (unpaired) electrons. The zero-order valence-corrected chi connectivity index (χ0v) is 8.15. The van der Waals surface area contributed by atoms with Gasteiger partial charge in [0.25, 0.3) is 0 Å². The van der Waals surface area contributed by atoms with Gasteiger partial charge in [0.2, 0.25) is 0 Å². The maximum absolute atomic E-state index is 10.0. The third kappa shape index (κ3) is 11.1. The van der Waals surface area contributed by atoms with Crippen molar-refractivity contribution in [1.82, 2.24) is 0 Å². The van der Waals surface area contributed by atoms with Crippen LogP contribution in [0.4, 0.5) is 0 Å². The van der Waals surface area contributed by atoms with E-state index < -0.39 is 5.97 Å². The monoisotopic (exact) mass is 203 g/mol. The SMILES string of the molecule is NCCCOCCOC/C=C/C(=O)O. The minimum atomic E-state index is -0.965. The van der Waals surface area contributed by atoms with Gasteiger partial charge in [-0.1, -0.05) is 6.08 Å². The third-order valence-corrected chi connectivity index (χ3v) is 1.34. The lowest BCUT2D eigenvalue weighted by Crippen LogP contribution is -2.08. The molecule has 0 aromatic heterocycles. The first-order valence-electron chi connectivity index (χ1n) is 4.52. The third-order valence-electron chi connectivity index (χ3n) is 1.34. The summed E-state index contributed by atoms with van der Waals surface area (Å²) in [6, 6.07) is 0. The van der Waals surface area contributed by atoms with Crippen LogP contribution < -0.4 is 5.73 Å². The molecule has 0 unspecified atom stereocenters. The summed E-state index contributed by atoms with van der Waals surface area (Å²) in [5.41, 5.74) is 5.26. The number of carboxylic acid groups (broad SMARTS) is 1. The molecule has 0 bridgehead atoms. The van der Waals surface area contributed by atoms with Crippen molar-refractivity contribution in [3.05, 3.63) is 12.2 Å². The van der Waals surface area contributed by atoms with Crippen LogP contribution in [-0.4, -0.2) is 44.0 Å². The van der Waals surface area contributed by atoms with Crippen LogP contribution in [0.2, 0.25) is 0 Å². The Morgan fingerprint density at radius 3 is 2.64 bits per heavy atom. The zero-order chi connectivity index (χ0) is 10.6. The highest BCUT2D eigenvalue weighted by Gasteiger charge is 1.88. The van der Waals surface area contributed by atoms with Gasteiger partial charge in [-0.15, -0.1) is 0 Å². The number of rotatable bonds is 9. The molecule has 0 saturated heterocycles. The van der Waals surface area contributed by atoms with E-state index in [0.717, 1.165) is 12.5 Å². The molecule has 0 rings (SSSR count). The molecule has 0 aliphatic heterocycles. The fraction of sp³-hybridized carbons (Fsp3) is 0.667. The second-order valence-corrected chi connectivity index (χ2v) is 2.57. The molecule has 0 aliphatic carbocycles. The standard InChI is InChI=1S/C9H17NO4/c10-4-2-6-14-8-7-13-5-1-3-9(11)12/h1,3H,2,4-8,10H2,(H,11,12)/b3-1+. The van der Waals surface area contributed by atoms with E-state index in [-0.39, 0.29) is 0 Å². The van der Waals surface area contributed by atoms with E-state index in [1.165, 1.54) is 6.08 Å². The van der Waals surface area contributed by atoms with E-state index in [2.05, 4.69) is 0 Å². The quantitative estimate of drug-likeness (QED) is 0.407. The molecular weight excluding hydrogens is 186 g/mol. The van der Waals surface area contributed by atoms with Gasteiger partial charge in [-0.25, -0.2) is 4.79 Å². The van der Waals surface area contributed by atoms with Gasteiger partial charge in [0.05, 0.1) is 19.8 Å². The molecule has 5 nitrogen and oxygen atoms in total. The molecule has 0 atom stereocenters. The van der Waals surface area contributed by atoms with Crippen molar-refractivity contribution in [2.75, 3.05) is 33.0 Å². The van der Waals surface area contributed by atoms with E-state index in [0.29, 0.717) is 33.0 Å². The molecule has 0 aliphatic rings. The first kappa shape index (κ1) is 13.1. The summed E-state index contributed by atoms with van der Waals surface area (Å²) in [5.74, 6) is -0.965. The number of carbonyl (C=O) groups is 1. The van der Waals surface area contributed by atoms with Gasteiger partial charge < -0.3 is 20.3 Å². The number of nitrogens with two attached hydrogens (primary N) is 1. The lowest BCUT2D eigenvalue weighted by Gasteiger charge is -2.02. The van der Waals surface area contributed by atoms with Crippen LogP contribution in [0.5, 0.6) is 0 Å². The lowest BCUT2D eigenvalue weighted by atomic mass is 10.5. The van der Waals surface area contributed by atoms with Crippen molar-refractivity contribution >= 4 is 5.97 Å². The first-order valence-corrected chi connectivity index (χ1v) is 4.52. The van der Waals surface area contributed by atoms with Gasteiger partial charge in [-0.2, -0.15) is 0 Å². The van der Waals surface area contributed by atoms with Gasteiger partial charge in [-0.05, 0) is 13.0 Å². The Bertz CT molecular complexity index is 170. The Labute approximate surface area is 83.5 Å². The molecule has 14 heavy (non-hydrogen) atoms. The van der Waals surface area contributed by atoms with Gasteiger partial charge in [0.15, 0.2) is 0 Å². The minimum Gasteiger partial charge on any atom is -0.478 e. The highest BCUT2D eigenvalue weighted by Crippen LogP contribution is 1.82. The average Bonchev–Trinajstić information content (AvgIpc) is 2.15. The molecule has 0 heterocycles. The van der Waals surface area contributed by atoms with Crippen LogP contribution in [0.1, 0.15) is 6.42 Å². The molecule has 0 amide bonds. The number of aliphatic carboxylic acids is 1. The van der Waals surface area contributed by atoms with Crippen LogP contribution in [0.15, 0.2) is 12.2 Å². The Hall–Kier alpha value is -0.910. The van der Waals surface area contributed by atoms with Gasteiger partial charge in [0.1, 0.15) is 0 Å². The van der Waals surface area contributed by atoms with E-state index in [1.54, 1.807) is 0 Å². The summed E-state index contributed by atoms with van der Waals surface area (Å²) in [4.78, 5) is 10.0. The summed E-state index contributed by atoms with van der Waals surface area (Å²) in [5, 5.41) is 8.23. The Morgan fingerprint density at radius 1 is 1.29 bits per heavy atom. The largest absolute Gasteiger partial charge is 0.478 e. The number of hydrogen-bond donors (Lipinski definition) is 2. The molecule has 0 saturated carbocycles. The summed E-state index contributed by atoms with van der Waals surface area (Å²) >= 11 is 0. The molecule has 0 spiro atoms. The van der Waals surface area contributed by atoms with E-state index in [9.17, 15) is 4.79 Å². The maximum Gasteiger partial charge on any atom is 0.328 e. The molecule has 0 aromatic rings. The molecule has 82 valence electrons. The Balaban J connectivity index is 3.02. The first-order chi connectivity index (χ1) is 6.77. The van der Waals surface area contributed by atoms with Crippen molar-refractivity contribution in [3.63, 3.8) is 0 Å². The Morgan fingerprint density at radius 2 is 2.00 bits per heavy atom. The summed E-state index contributed by atoms with van der Waals surface area (Å²) in [6.07, 6.45) is 3.34. The highest BCUT2D eigenvalue weighted by atomic mass is 16.5. The van der Waals surface area contributed by atoms with Crippen LogP contribution in [0.25, 0.3) is 0 Å². The second kappa shape index (κ2) is 10.2. The van der Waals surface area contributed by atoms with Crippen LogP contribution >= 0.6 is 0 Å². The maximum atomic E-state index is 10.0. The molecule has 0 fully saturated rings. The van der Waals surface area contributed by atoms with E-state index in [4.69, 9.17) is 20.3 Å². The molecule has 5 heteroatoms. The van der Waals surface area contributed by atoms with Crippen molar-refractivity contribution in [1.29, 1.82) is 0 Å². The lowest BCUT2D eigenvalue weighted by molar-refractivity contribution is -0.131. The van der Waals surface area contributed by atoms with E-state index >= 15 is 0 Å². The zero-order valence-electron chi connectivity index (χ0n) is 8.15. The van der Waals surface area contributed by atoms with Crippen LogP contribution in [0.3, 0.4) is 0 Å². The van der Waals surface area contributed by atoms with Crippen molar-refractivity contribution in [3.8, 4) is 0 Å². The van der Waals surface area contributed by atoms with Crippen molar-refractivity contribution < 1.29 is 19.4 Å². The molecule has 3 N–H and O–H groups in total. The fourth-order valence-corrected chi connectivity index (χ4v) is 0.706. The topological polar surface area (TPSA) is 81.8 Å². The second-order valence-electron chi connectivity index (χ2n) is 2.57. The summed E-state index contributed by atoms with van der Waals surface area (Å²) in [6.45, 7) is 2.55. The number of hydrogen-bond acceptors (Lipinski definition) is 4. The minimum absolute atomic E-state index is 0.298. The van der Waals surface area contributed by atoms with E-state index in [1.807, 2.05) is 0 Å². The summed E-state index contributed by atoms with van der Waals surface area (Å²) < 4.78 is 10.2.